The highest BCUT2D eigenvalue weighted by molar-refractivity contribution is 5.68. The van der Waals surface area contributed by atoms with Crippen LogP contribution in [0, 0.1) is 0 Å². The van der Waals surface area contributed by atoms with Crippen molar-refractivity contribution < 1.29 is 9.53 Å². The maximum Gasteiger partial charge on any atom is 0.408 e. The van der Waals surface area contributed by atoms with Crippen molar-refractivity contribution in [1.29, 1.82) is 0 Å². The zero-order chi connectivity index (χ0) is 15.9. The molecule has 5 heteroatoms. The van der Waals surface area contributed by atoms with Gasteiger partial charge in [0.15, 0.2) is 0 Å². The average molecular weight is 295 g/mol. The Morgan fingerprint density at radius 3 is 2.71 bits per heavy atom. The molecule has 1 amide bonds. The predicted octanol–water partition coefficient (Wildman–Crippen LogP) is 4.05. The van der Waals surface area contributed by atoms with Crippen LogP contribution in [0.2, 0.25) is 0 Å². The van der Waals surface area contributed by atoms with E-state index in [1.807, 2.05) is 40.2 Å². The molecular weight excluding hydrogens is 266 g/mol. The molecule has 1 heterocycles. The number of rotatable bonds is 7. The Hall–Kier alpha value is -1.52. The van der Waals surface area contributed by atoms with Gasteiger partial charge in [-0.3, -0.25) is 0 Å². The average Bonchev–Trinajstić information content (AvgIpc) is 2.80. The fraction of sp³-hybridized carbons (Fsp3) is 0.750. The van der Waals surface area contributed by atoms with Crippen molar-refractivity contribution in [2.24, 2.45) is 0 Å². The zero-order valence-corrected chi connectivity index (χ0v) is 14.0. The summed E-state index contributed by atoms with van der Waals surface area (Å²) in [7, 11) is 0. The molecule has 0 radical (unpaired) electrons. The van der Waals surface area contributed by atoms with Crippen LogP contribution in [0.4, 0.5) is 4.79 Å². The largest absolute Gasteiger partial charge is 0.444 e. The van der Waals surface area contributed by atoms with Crippen molar-refractivity contribution in [3.05, 3.63) is 18.2 Å². The second-order valence-corrected chi connectivity index (χ2v) is 6.44. The number of unbranched alkanes of at least 4 members (excludes halogenated alkanes) is 3. The number of aryl methyl sites for hydroxylation is 1. The molecule has 1 aromatic rings. The molecule has 0 aliphatic heterocycles. The number of carbonyl (C=O) groups is 1. The first-order valence-electron chi connectivity index (χ1n) is 7.83. The summed E-state index contributed by atoms with van der Waals surface area (Å²) >= 11 is 0. The van der Waals surface area contributed by atoms with Gasteiger partial charge in [-0.2, -0.15) is 0 Å². The van der Waals surface area contributed by atoms with Gasteiger partial charge in [0.2, 0.25) is 0 Å². The van der Waals surface area contributed by atoms with E-state index >= 15 is 0 Å². The number of alkyl carbamates (subject to hydrolysis) is 1. The molecule has 1 aromatic heterocycles. The van der Waals surface area contributed by atoms with Gasteiger partial charge in [-0.1, -0.05) is 26.2 Å². The third kappa shape index (κ3) is 6.65. The summed E-state index contributed by atoms with van der Waals surface area (Å²) in [5.41, 5.74) is 0.529. The highest BCUT2D eigenvalue weighted by atomic mass is 16.6. The van der Waals surface area contributed by atoms with Gasteiger partial charge in [-0.25, -0.2) is 9.78 Å². The quantitative estimate of drug-likeness (QED) is 0.772. The van der Waals surface area contributed by atoms with Gasteiger partial charge in [-0.15, -0.1) is 0 Å². The molecular formula is C16H29N3O2. The summed E-state index contributed by atoms with van der Waals surface area (Å²) in [5.74, 6) is 0. The highest BCUT2D eigenvalue weighted by Crippen LogP contribution is 2.15. The molecule has 0 aliphatic rings. The van der Waals surface area contributed by atoms with Gasteiger partial charge in [-0.05, 0) is 34.1 Å². The number of aromatic nitrogens is 2. The Bertz CT molecular complexity index is 435. The molecule has 0 aromatic carbocycles. The molecule has 1 N–H and O–H groups in total. The number of imidazole rings is 1. The third-order valence-electron chi connectivity index (χ3n) is 3.17. The van der Waals surface area contributed by atoms with E-state index in [0.29, 0.717) is 0 Å². The Morgan fingerprint density at radius 2 is 2.10 bits per heavy atom. The van der Waals surface area contributed by atoms with Gasteiger partial charge >= 0.3 is 6.09 Å². The molecule has 1 atom stereocenters. The lowest BCUT2D eigenvalue weighted by Gasteiger charge is -2.22. The fourth-order valence-electron chi connectivity index (χ4n) is 2.15. The number of hydrogen-bond donors (Lipinski definition) is 1. The number of carbonyl (C=O) groups excluding carboxylic acids is 1. The van der Waals surface area contributed by atoms with E-state index in [1.165, 1.54) is 19.3 Å². The number of hydrogen-bond acceptors (Lipinski definition) is 3. The van der Waals surface area contributed by atoms with E-state index in [1.54, 1.807) is 0 Å². The van der Waals surface area contributed by atoms with Crippen LogP contribution in [-0.4, -0.2) is 21.2 Å². The lowest BCUT2D eigenvalue weighted by atomic mass is 10.2. The summed E-state index contributed by atoms with van der Waals surface area (Å²) in [5, 5.41) is 2.86. The highest BCUT2D eigenvalue weighted by Gasteiger charge is 2.19. The second kappa shape index (κ2) is 8.05. The maximum absolute atomic E-state index is 11.8. The van der Waals surface area contributed by atoms with E-state index in [-0.39, 0.29) is 6.04 Å². The summed E-state index contributed by atoms with van der Waals surface area (Å²) < 4.78 is 7.39. The summed E-state index contributed by atoms with van der Waals surface area (Å²) in [6.07, 6.45) is 8.09. The van der Waals surface area contributed by atoms with Crippen molar-refractivity contribution in [3.8, 4) is 0 Å². The van der Waals surface area contributed by atoms with Crippen LogP contribution in [0.25, 0.3) is 0 Å². The Labute approximate surface area is 128 Å². The third-order valence-corrected chi connectivity index (χ3v) is 3.17. The van der Waals surface area contributed by atoms with Gasteiger partial charge < -0.3 is 14.6 Å². The SMILES string of the molecule is CCCCCCn1cncc1[C@H](C)NC(=O)OC(C)(C)C. The van der Waals surface area contributed by atoms with Gasteiger partial charge in [0.1, 0.15) is 5.60 Å². The van der Waals surface area contributed by atoms with Crippen LogP contribution in [0.3, 0.4) is 0 Å². The molecule has 0 unspecified atom stereocenters. The molecule has 120 valence electrons. The van der Waals surface area contributed by atoms with E-state index in [4.69, 9.17) is 4.74 Å². The van der Waals surface area contributed by atoms with Crippen LogP contribution in [0.5, 0.6) is 0 Å². The Balaban J connectivity index is 2.52. The fourth-order valence-corrected chi connectivity index (χ4v) is 2.15. The number of amides is 1. The zero-order valence-electron chi connectivity index (χ0n) is 14.0. The maximum atomic E-state index is 11.8. The van der Waals surface area contributed by atoms with E-state index in [9.17, 15) is 4.79 Å². The van der Waals surface area contributed by atoms with Crippen molar-refractivity contribution in [2.45, 2.75) is 78.5 Å². The topological polar surface area (TPSA) is 56.2 Å². The molecule has 0 spiro atoms. The summed E-state index contributed by atoms with van der Waals surface area (Å²) in [6, 6.07) is -0.117. The van der Waals surface area contributed by atoms with Gasteiger partial charge in [0.05, 0.1) is 24.3 Å². The molecule has 0 fully saturated rings. The number of nitrogens with one attached hydrogen (secondary N) is 1. The minimum atomic E-state index is -0.482. The minimum Gasteiger partial charge on any atom is -0.444 e. The molecule has 1 rings (SSSR count). The second-order valence-electron chi connectivity index (χ2n) is 6.44. The smallest absolute Gasteiger partial charge is 0.408 e. The lowest BCUT2D eigenvalue weighted by Crippen LogP contribution is -2.34. The predicted molar refractivity (Wildman–Crippen MR) is 84.2 cm³/mol. The first-order chi connectivity index (χ1) is 9.83. The van der Waals surface area contributed by atoms with Gasteiger partial charge in [0, 0.05) is 6.54 Å². The van der Waals surface area contributed by atoms with Crippen LogP contribution >= 0.6 is 0 Å². The first-order valence-corrected chi connectivity index (χ1v) is 7.83. The summed E-state index contributed by atoms with van der Waals surface area (Å²) in [4.78, 5) is 16.0. The Kier molecular flexibility index (Phi) is 6.72. The Morgan fingerprint density at radius 1 is 1.38 bits per heavy atom. The number of nitrogens with zero attached hydrogens (tertiary/aromatic N) is 2. The molecule has 0 aliphatic carbocycles. The van der Waals surface area contributed by atoms with Crippen molar-refractivity contribution in [2.75, 3.05) is 0 Å². The van der Waals surface area contributed by atoms with Crippen LogP contribution in [-0.2, 0) is 11.3 Å². The molecule has 0 saturated carbocycles. The van der Waals surface area contributed by atoms with Crippen molar-refractivity contribution in [3.63, 3.8) is 0 Å². The molecule has 21 heavy (non-hydrogen) atoms. The normalized spacial score (nSPS) is 13.0. The van der Waals surface area contributed by atoms with E-state index in [2.05, 4.69) is 21.8 Å². The molecule has 5 nitrogen and oxygen atoms in total. The van der Waals surface area contributed by atoms with Crippen molar-refractivity contribution in [1.82, 2.24) is 14.9 Å². The van der Waals surface area contributed by atoms with Gasteiger partial charge in [0.25, 0.3) is 0 Å². The van der Waals surface area contributed by atoms with Crippen molar-refractivity contribution >= 4 is 6.09 Å². The minimum absolute atomic E-state index is 0.117. The van der Waals surface area contributed by atoms with E-state index < -0.39 is 11.7 Å². The van der Waals surface area contributed by atoms with Crippen LogP contribution in [0.15, 0.2) is 12.5 Å². The van der Waals surface area contributed by atoms with E-state index in [0.717, 1.165) is 18.7 Å². The van der Waals surface area contributed by atoms with Crippen LogP contribution in [0.1, 0.15) is 72.0 Å². The number of ether oxygens (including phenoxy) is 1. The lowest BCUT2D eigenvalue weighted by molar-refractivity contribution is 0.0506. The standard InChI is InChI=1S/C16H29N3O2/c1-6-7-8-9-10-19-12-17-11-14(19)13(2)18-15(20)21-16(3,4)5/h11-13H,6-10H2,1-5H3,(H,18,20)/t13-/m0/s1. The summed E-state index contributed by atoms with van der Waals surface area (Å²) in [6.45, 7) is 10.7. The molecule has 0 saturated heterocycles. The molecule has 0 bridgehead atoms. The van der Waals surface area contributed by atoms with Crippen LogP contribution < -0.4 is 5.32 Å². The monoisotopic (exact) mass is 295 g/mol. The first kappa shape index (κ1) is 17.5.